The summed E-state index contributed by atoms with van der Waals surface area (Å²) in [5.74, 6) is -0.242. The van der Waals surface area contributed by atoms with Crippen molar-refractivity contribution in [1.82, 2.24) is 14.9 Å². The molecule has 1 saturated heterocycles. The Hall–Kier alpha value is -3.82. The van der Waals surface area contributed by atoms with Crippen LogP contribution in [0.5, 0.6) is 0 Å². The van der Waals surface area contributed by atoms with E-state index in [2.05, 4.69) is 27.3 Å². The predicted octanol–water partition coefficient (Wildman–Crippen LogP) is 4.36. The number of carbonyl (C=O) groups is 2. The van der Waals surface area contributed by atoms with Gasteiger partial charge in [-0.2, -0.15) is 0 Å². The van der Waals surface area contributed by atoms with Crippen LogP contribution in [0.2, 0.25) is 5.02 Å². The molecule has 0 spiro atoms. The molecule has 0 unspecified atom stereocenters. The Kier molecular flexibility index (Phi) is 7.16. The van der Waals surface area contributed by atoms with Crippen LogP contribution >= 0.6 is 11.6 Å². The lowest BCUT2D eigenvalue weighted by Crippen LogP contribution is -2.36. The molecular weight excluding hydrogens is 496 g/mol. The molecule has 10 heteroatoms. The van der Waals surface area contributed by atoms with Gasteiger partial charge in [0, 0.05) is 43.2 Å². The SMILES string of the molecule is CC(=O)OC[C@H](NC(=O)c1cc2cc(Cl)ccc2o1)c1ncc(-c2ccc(N3CCOCC3)cc2)n1C. The van der Waals surface area contributed by atoms with Gasteiger partial charge >= 0.3 is 5.97 Å². The first kappa shape index (κ1) is 24.9. The van der Waals surface area contributed by atoms with Gasteiger partial charge in [-0.05, 0) is 42.0 Å². The molecule has 0 bridgehead atoms. The van der Waals surface area contributed by atoms with Gasteiger partial charge in [0.25, 0.3) is 5.91 Å². The van der Waals surface area contributed by atoms with E-state index in [0.29, 0.717) is 21.8 Å². The Morgan fingerprint density at radius 3 is 2.62 bits per heavy atom. The number of esters is 1. The molecule has 1 fully saturated rings. The third-order valence-electron chi connectivity index (χ3n) is 6.34. The largest absolute Gasteiger partial charge is 0.463 e. The number of benzene rings is 2. The summed E-state index contributed by atoms with van der Waals surface area (Å²) in [7, 11) is 1.86. The minimum absolute atomic E-state index is 0.0760. The second-order valence-corrected chi connectivity index (χ2v) is 9.26. The Bertz CT molecular complexity index is 1420. The van der Waals surface area contributed by atoms with E-state index >= 15 is 0 Å². The third kappa shape index (κ3) is 5.47. The molecule has 192 valence electrons. The number of fused-ring (bicyclic) bond motifs is 1. The van der Waals surface area contributed by atoms with Gasteiger partial charge in [-0.15, -0.1) is 0 Å². The number of carbonyl (C=O) groups excluding carboxylic acids is 2. The van der Waals surface area contributed by atoms with E-state index in [1.807, 2.05) is 23.7 Å². The Morgan fingerprint density at radius 1 is 1.14 bits per heavy atom. The number of anilines is 1. The fourth-order valence-electron chi connectivity index (χ4n) is 4.42. The number of morpholine rings is 1. The minimum Gasteiger partial charge on any atom is -0.463 e. The van der Waals surface area contributed by atoms with Crippen LogP contribution in [0.4, 0.5) is 5.69 Å². The molecule has 4 aromatic rings. The fourth-order valence-corrected chi connectivity index (χ4v) is 4.60. The maximum absolute atomic E-state index is 13.1. The van der Waals surface area contributed by atoms with Crippen molar-refractivity contribution in [3.05, 3.63) is 71.3 Å². The molecule has 1 N–H and O–H groups in total. The van der Waals surface area contributed by atoms with Crippen LogP contribution in [0.1, 0.15) is 29.3 Å². The lowest BCUT2D eigenvalue weighted by molar-refractivity contribution is -0.141. The van der Waals surface area contributed by atoms with Crippen LogP contribution in [0.25, 0.3) is 22.2 Å². The highest BCUT2D eigenvalue weighted by atomic mass is 35.5. The van der Waals surface area contributed by atoms with Crippen LogP contribution in [-0.2, 0) is 21.3 Å². The van der Waals surface area contributed by atoms with E-state index in [1.165, 1.54) is 6.92 Å². The molecule has 3 heterocycles. The molecule has 1 atom stereocenters. The number of nitrogens with zero attached hydrogens (tertiary/aromatic N) is 3. The summed E-state index contributed by atoms with van der Waals surface area (Å²) in [4.78, 5) is 31.5. The molecule has 1 amide bonds. The summed E-state index contributed by atoms with van der Waals surface area (Å²) < 4.78 is 18.3. The lowest BCUT2D eigenvalue weighted by atomic mass is 10.1. The number of imidazole rings is 1. The number of hydrogen-bond acceptors (Lipinski definition) is 7. The summed E-state index contributed by atoms with van der Waals surface area (Å²) in [5, 5.41) is 4.16. The van der Waals surface area contributed by atoms with Crippen LogP contribution in [-0.4, -0.2) is 54.3 Å². The number of nitrogens with one attached hydrogen (secondary N) is 1. The monoisotopic (exact) mass is 522 g/mol. The molecule has 0 saturated carbocycles. The second kappa shape index (κ2) is 10.7. The van der Waals surface area contributed by atoms with Gasteiger partial charge in [0.1, 0.15) is 24.1 Å². The molecule has 0 aliphatic carbocycles. The minimum atomic E-state index is -0.695. The topological polar surface area (TPSA) is 98.8 Å². The molecule has 37 heavy (non-hydrogen) atoms. The van der Waals surface area contributed by atoms with Gasteiger partial charge in [0.15, 0.2) is 5.76 Å². The van der Waals surface area contributed by atoms with Crippen molar-refractivity contribution in [3.63, 3.8) is 0 Å². The van der Waals surface area contributed by atoms with Crippen molar-refractivity contribution in [1.29, 1.82) is 0 Å². The van der Waals surface area contributed by atoms with Crippen molar-refractivity contribution >= 4 is 40.1 Å². The molecular formula is C27H27ClN4O5. The van der Waals surface area contributed by atoms with Crippen molar-refractivity contribution in [3.8, 4) is 11.3 Å². The zero-order valence-electron chi connectivity index (χ0n) is 20.6. The Morgan fingerprint density at radius 2 is 1.89 bits per heavy atom. The molecule has 2 aromatic carbocycles. The zero-order valence-corrected chi connectivity index (χ0v) is 21.3. The van der Waals surface area contributed by atoms with E-state index < -0.39 is 17.9 Å². The third-order valence-corrected chi connectivity index (χ3v) is 6.57. The van der Waals surface area contributed by atoms with Crippen LogP contribution in [0.3, 0.4) is 0 Å². The lowest BCUT2D eigenvalue weighted by Gasteiger charge is -2.28. The van der Waals surface area contributed by atoms with E-state index in [-0.39, 0.29) is 12.4 Å². The maximum atomic E-state index is 13.1. The zero-order chi connectivity index (χ0) is 25.9. The van der Waals surface area contributed by atoms with Gasteiger partial charge in [0.05, 0.1) is 25.1 Å². The summed E-state index contributed by atoms with van der Waals surface area (Å²) in [5.41, 5.74) is 3.53. The average molecular weight is 523 g/mol. The fraction of sp³-hybridized carbons (Fsp3) is 0.296. The number of amides is 1. The predicted molar refractivity (Wildman–Crippen MR) is 140 cm³/mol. The first-order valence-electron chi connectivity index (χ1n) is 12.0. The number of hydrogen-bond donors (Lipinski definition) is 1. The van der Waals surface area contributed by atoms with Crippen molar-refractivity contribution < 1.29 is 23.5 Å². The van der Waals surface area contributed by atoms with Crippen molar-refractivity contribution in [2.75, 3.05) is 37.8 Å². The standard InChI is InChI=1S/C27H27ClN4O5/c1-17(33)36-16-22(30-27(34)25-14-19-13-20(28)5-8-24(19)37-25)26-29-15-23(31(26)2)18-3-6-21(7-4-18)32-9-11-35-12-10-32/h3-8,13-15,22H,9-12,16H2,1-2H3,(H,30,34)/t22-/m0/s1. The maximum Gasteiger partial charge on any atom is 0.302 e. The van der Waals surface area contributed by atoms with E-state index in [9.17, 15) is 9.59 Å². The van der Waals surface area contributed by atoms with Gasteiger partial charge in [0.2, 0.25) is 0 Å². The molecule has 2 aromatic heterocycles. The van der Waals surface area contributed by atoms with Gasteiger partial charge in [-0.3, -0.25) is 9.59 Å². The van der Waals surface area contributed by atoms with E-state index in [1.54, 1.807) is 30.5 Å². The van der Waals surface area contributed by atoms with Gasteiger partial charge < -0.3 is 28.7 Å². The van der Waals surface area contributed by atoms with Crippen LogP contribution in [0.15, 0.2) is 59.1 Å². The highest BCUT2D eigenvalue weighted by Gasteiger charge is 2.25. The number of halogens is 1. The summed E-state index contributed by atoms with van der Waals surface area (Å²) in [6.45, 7) is 4.43. The van der Waals surface area contributed by atoms with E-state index in [4.69, 9.17) is 25.5 Å². The van der Waals surface area contributed by atoms with Crippen LogP contribution in [0, 0.1) is 0 Å². The summed E-state index contributed by atoms with van der Waals surface area (Å²) in [6.07, 6.45) is 1.75. The Labute approximate surface area is 218 Å². The van der Waals surface area contributed by atoms with Crippen LogP contribution < -0.4 is 10.2 Å². The molecule has 1 aliphatic heterocycles. The smallest absolute Gasteiger partial charge is 0.302 e. The van der Waals surface area contributed by atoms with E-state index in [0.717, 1.165) is 43.2 Å². The first-order valence-corrected chi connectivity index (χ1v) is 12.3. The molecule has 0 radical (unpaired) electrons. The Balaban J connectivity index is 1.38. The van der Waals surface area contributed by atoms with Crippen molar-refractivity contribution in [2.24, 2.45) is 7.05 Å². The normalized spacial score (nSPS) is 14.5. The first-order chi connectivity index (χ1) is 17.9. The number of furan rings is 1. The molecule has 5 rings (SSSR count). The number of ether oxygens (including phenoxy) is 2. The second-order valence-electron chi connectivity index (χ2n) is 8.83. The molecule has 9 nitrogen and oxygen atoms in total. The van der Waals surface area contributed by atoms with Gasteiger partial charge in [-0.1, -0.05) is 23.7 Å². The number of rotatable bonds is 7. The molecule has 1 aliphatic rings. The quantitative estimate of drug-likeness (QED) is 0.360. The van der Waals surface area contributed by atoms with Gasteiger partial charge in [-0.25, -0.2) is 4.98 Å². The highest BCUT2D eigenvalue weighted by Crippen LogP contribution is 2.27. The number of aromatic nitrogens is 2. The van der Waals surface area contributed by atoms with Crippen molar-refractivity contribution in [2.45, 2.75) is 13.0 Å². The average Bonchev–Trinajstić information content (AvgIpc) is 3.50. The summed E-state index contributed by atoms with van der Waals surface area (Å²) in [6, 6.07) is 14.3. The highest BCUT2D eigenvalue weighted by molar-refractivity contribution is 6.31. The summed E-state index contributed by atoms with van der Waals surface area (Å²) >= 11 is 6.05.